The van der Waals surface area contributed by atoms with Gasteiger partial charge >= 0.3 is 0 Å². The molecule has 25 heavy (non-hydrogen) atoms. The van der Waals surface area contributed by atoms with Gasteiger partial charge in [-0.05, 0) is 45.8 Å². The lowest BCUT2D eigenvalue weighted by molar-refractivity contribution is -0.128. The van der Waals surface area contributed by atoms with Gasteiger partial charge in [0.25, 0.3) is 0 Å². The number of likely N-dealkylation sites (tertiary alicyclic amines) is 1. The van der Waals surface area contributed by atoms with E-state index in [0.29, 0.717) is 18.8 Å². The van der Waals surface area contributed by atoms with E-state index in [1.54, 1.807) is 12.0 Å². The first-order valence-electron chi connectivity index (χ1n) is 8.03. The molecule has 0 unspecified atom stereocenters. The van der Waals surface area contributed by atoms with Crippen molar-refractivity contribution in [3.63, 3.8) is 0 Å². The second kappa shape index (κ2) is 7.70. The highest BCUT2D eigenvalue weighted by molar-refractivity contribution is 9.10. The number of methoxy groups -OCH3 is 1. The Balaban J connectivity index is 1.61. The van der Waals surface area contributed by atoms with Gasteiger partial charge in [-0.3, -0.25) is 9.59 Å². The Morgan fingerprint density at radius 1 is 1.24 bits per heavy atom. The molecule has 0 aliphatic carbocycles. The van der Waals surface area contributed by atoms with E-state index in [2.05, 4.69) is 21.2 Å². The third-order valence-corrected chi connectivity index (χ3v) is 4.94. The van der Waals surface area contributed by atoms with E-state index in [4.69, 9.17) is 4.74 Å². The van der Waals surface area contributed by atoms with E-state index < -0.39 is 0 Å². The van der Waals surface area contributed by atoms with E-state index in [9.17, 15) is 9.59 Å². The molecule has 6 heteroatoms. The van der Waals surface area contributed by atoms with Crippen LogP contribution in [-0.4, -0.2) is 30.4 Å². The third-order valence-electron chi connectivity index (χ3n) is 4.25. The summed E-state index contributed by atoms with van der Waals surface area (Å²) in [7, 11) is 1.62. The van der Waals surface area contributed by atoms with Crippen LogP contribution in [-0.2, 0) is 16.1 Å². The van der Waals surface area contributed by atoms with Crippen LogP contribution in [0.3, 0.4) is 0 Å². The van der Waals surface area contributed by atoms with Crippen molar-refractivity contribution in [1.82, 2.24) is 4.90 Å². The lowest BCUT2D eigenvalue weighted by Gasteiger charge is -2.17. The average Bonchev–Trinajstić information content (AvgIpc) is 2.98. The summed E-state index contributed by atoms with van der Waals surface area (Å²) in [5.74, 6) is 0.320. The monoisotopic (exact) mass is 402 g/mol. The van der Waals surface area contributed by atoms with Crippen LogP contribution in [0.25, 0.3) is 0 Å². The SMILES string of the molecule is COc1ccc(CN2C[C@H](C(=O)Nc3ccccc3Br)CC2=O)cc1. The minimum atomic E-state index is -0.335. The largest absolute Gasteiger partial charge is 0.497 e. The number of benzene rings is 2. The van der Waals surface area contributed by atoms with E-state index in [0.717, 1.165) is 15.8 Å². The summed E-state index contributed by atoms with van der Waals surface area (Å²) in [4.78, 5) is 26.4. The molecule has 2 amide bonds. The van der Waals surface area contributed by atoms with Crippen molar-refractivity contribution in [2.45, 2.75) is 13.0 Å². The molecule has 1 saturated heterocycles. The second-order valence-electron chi connectivity index (χ2n) is 5.99. The van der Waals surface area contributed by atoms with Crippen molar-refractivity contribution in [2.24, 2.45) is 5.92 Å². The molecule has 1 heterocycles. The summed E-state index contributed by atoms with van der Waals surface area (Å²) in [6.45, 7) is 0.933. The lowest BCUT2D eigenvalue weighted by Crippen LogP contribution is -2.28. The standard InChI is InChI=1S/C19H19BrN2O3/c1-25-15-8-6-13(7-9-15)11-22-12-14(10-18(22)23)19(24)21-17-5-3-2-4-16(17)20/h2-9,14H,10-12H2,1H3,(H,21,24)/t14-/m1/s1. The molecular weight excluding hydrogens is 384 g/mol. The smallest absolute Gasteiger partial charge is 0.229 e. The molecule has 0 saturated carbocycles. The van der Waals surface area contributed by atoms with Gasteiger partial charge in [-0.2, -0.15) is 0 Å². The molecule has 2 aromatic carbocycles. The van der Waals surface area contributed by atoms with Gasteiger partial charge in [-0.25, -0.2) is 0 Å². The van der Waals surface area contributed by atoms with Gasteiger partial charge in [-0.1, -0.05) is 24.3 Å². The fourth-order valence-corrected chi connectivity index (χ4v) is 3.23. The van der Waals surface area contributed by atoms with E-state index >= 15 is 0 Å². The second-order valence-corrected chi connectivity index (χ2v) is 6.85. The summed E-state index contributed by atoms with van der Waals surface area (Å²) >= 11 is 3.41. The van der Waals surface area contributed by atoms with E-state index in [1.165, 1.54) is 0 Å². The first-order valence-corrected chi connectivity index (χ1v) is 8.82. The maximum atomic E-state index is 12.5. The molecule has 1 atom stereocenters. The van der Waals surface area contributed by atoms with Crippen LogP contribution in [0.2, 0.25) is 0 Å². The third kappa shape index (κ3) is 4.20. The fraction of sp³-hybridized carbons (Fsp3) is 0.263. The zero-order valence-corrected chi connectivity index (χ0v) is 15.5. The van der Waals surface area contributed by atoms with Gasteiger partial charge in [0.05, 0.1) is 18.7 Å². The molecule has 1 fully saturated rings. The molecule has 0 bridgehead atoms. The first kappa shape index (κ1) is 17.5. The molecule has 1 aliphatic heterocycles. The topological polar surface area (TPSA) is 58.6 Å². The molecule has 2 aromatic rings. The molecule has 130 valence electrons. The summed E-state index contributed by atoms with van der Waals surface area (Å²) in [6.07, 6.45) is 0.243. The van der Waals surface area contributed by atoms with Gasteiger partial charge < -0.3 is 15.0 Å². The number of ether oxygens (including phenoxy) is 1. The van der Waals surface area contributed by atoms with Crippen molar-refractivity contribution >= 4 is 33.4 Å². The highest BCUT2D eigenvalue weighted by Crippen LogP contribution is 2.25. The van der Waals surface area contributed by atoms with Gasteiger partial charge in [-0.15, -0.1) is 0 Å². The van der Waals surface area contributed by atoms with Gasteiger partial charge in [0.1, 0.15) is 5.75 Å². The van der Waals surface area contributed by atoms with Crippen LogP contribution in [0.15, 0.2) is 53.0 Å². The van der Waals surface area contributed by atoms with Gasteiger partial charge in [0, 0.05) is 24.0 Å². The first-order chi connectivity index (χ1) is 12.1. The Bertz CT molecular complexity index is 776. The number of carbonyl (C=O) groups excluding carboxylic acids is 2. The zero-order valence-electron chi connectivity index (χ0n) is 13.9. The van der Waals surface area contributed by atoms with Crippen LogP contribution in [0, 0.1) is 5.92 Å². The van der Waals surface area contributed by atoms with Crippen LogP contribution < -0.4 is 10.1 Å². The number of hydrogen-bond acceptors (Lipinski definition) is 3. The number of hydrogen-bond donors (Lipinski definition) is 1. The van der Waals surface area contributed by atoms with Crippen LogP contribution in [0.1, 0.15) is 12.0 Å². The zero-order chi connectivity index (χ0) is 17.8. The summed E-state index contributed by atoms with van der Waals surface area (Å²) in [5.41, 5.74) is 1.73. The summed E-state index contributed by atoms with van der Waals surface area (Å²) < 4.78 is 5.96. The maximum Gasteiger partial charge on any atom is 0.229 e. The number of rotatable bonds is 5. The molecule has 0 spiro atoms. The normalized spacial score (nSPS) is 16.8. The van der Waals surface area contributed by atoms with Gasteiger partial charge in [0.2, 0.25) is 11.8 Å². The number of nitrogens with one attached hydrogen (secondary N) is 1. The van der Waals surface area contributed by atoms with Crippen LogP contribution in [0.5, 0.6) is 5.75 Å². The Hall–Kier alpha value is -2.34. The molecule has 0 radical (unpaired) electrons. The van der Waals surface area contributed by atoms with Crippen LogP contribution >= 0.6 is 15.9 Å². The Labute approximate surface area is 155 Å². The van der Waals surface area contributed by atoms with Crippen molar-refractivity contribution in [1.29, 1.82) is 0 Å². The number of carbonyl (C=O) groups is 2. The summed E-state index contributed by atoms with van der Waals surface area (Å²) in [6, 6.07) is 15.0. The van der Waals surface area contributed by atoms with Crippen molar-refractivity contribution < 1.29 is 14.3 Å². The van der Waals surface area contributed by atoms with Crippen molar-refractivity contribution in [2.75, 3.05) is 19.0 Å². The average molecular weight is 403 g/mol. The quantitative estimate of drug-likeness (QED) is 0.832. The molecular formula is C19H19BrN2O3. The highest BCUT2D eigenvalue weighted by atomic mass is 79.9. The molecule has 5 nitrogen and oxygen atoms in total. The highest BCUT2D eigenvalue weighted by Gasteiger charge is 2.34. The van der Waals surface area contributed by atoms with Gasteiger partial charge in [0.15, 0.2) is 0 Å². The number of anilines is 1. The minimum Gasteiger partial charge on any atom is -0.497 e. The predicted molar refractivity (Wildman–Crippen MR) is 99.3 cm³/mol. The van der Waals surface area contributed by atoms with E-state index in [1.807, 2.05) is 48.5 Å². The number of nitrogens with zero attached hydrogens (tertiary/aromatic N) is 1. The predicted octanol–water partition coefficient (Wildman–Crippen LogP) is 3.44. The summed E-state index contributed by atoms with van der Waals surface area (Å²) in [5, 5.41) is 2.89. The Morgan fingerprint density at radius 3 is 2.64 bits per heavy atom. The Kier molecular flexibility index (Phi) is 5.38. The van der Waals surface area contributed by atoms with Crippen LogP contribution in [0.4, 0.5) is 5.69 Å². The molecule has 1 aliphatic rings. The fourth-order valence-electron chi connectivity index (χ4n) is 2.85. The lowest BCUT2D eigenvalue weighted by atomic mass is 10.1. The number of halogens is 1. The van der Waals surface area contributed by atoms with Crippen molar-refractivity contribution in [3.8, 4) is 5.75 Å². The number of amides is 2. The van der Waals surface area contributed by atoms with Crippen molar-refractivity contribution in [3.05, 3.63) is 58.6 Å². The van der Waals surface area contributed by atoms with E-state index in [-0.39, 0.29) is 24.2 Å². The minimum absolute atomic E-state index is 0.00287. The number of para-hydroxylation sites is 1. The Morgan fingerprint density at radius 2 is 1.96 bits per heavy atom. The maximum absolute atomic E-state index is 12.5. The molecule has 0 aromatic heterocycles. The molecule has 3 rings (SSSR count). The molecule has 1 N–H and O–H groups in total.